The van der Waals surface area contributed by atoms with Crippen molar-refractivity contribution in [3.05, 3.63) is 35.9 Å². The van der Waals surface area contributed by atoms with Crippen LogP contribution in [0.5, 0.6) is 0 Å². The van der Waals surface area contributed by atoms with Gasteiger partial charge in [0.05, 0.1) is 12.5 Å². The molecular weight excluding hydrogens is 248 g/mol. The molecule has 1 fully saturated rings. The van der Waals surface area contributed by atoms with Gasteiger partial charge in [0.15, 0.2) is 0 Å². The number of carbonyl (C=O) groups excluding carboxylic acids is 1. The van der Waals surface area contributed by atoms with Crippen LogP contribution in [-0.4, -0.2) is 29.6 Å². The van der Waals surface area contributed by atoms with Crippen molar-refractivity contribution in [1.29, 1.82) is 0 Å². The summed E-state index contributed by atoms with van der Waals surface area (Å²) in [6.07, 6.45) is -0.149. The second-order valence-electron chi connectivity index (χ2n) is 4.27. The molecule has 2 unspecified atom stereocenters. The summed E-state index contributed by atoms with van der Waals surface area (Å²) in [5.41, 5.74) is 8.92. The smallest absolute Gasteiger partial charge is 0.305 e. The van der Waals surface area contributed by atoms with Crippen LogP contribution in [0.15, 0.2) is 30.3 Å². The largest absolute Gasteiger partial charge is 0.481 e. The van der Waals surface area contributed by atoms with Crippen LogP contribution in [-0.2, 0) is 9.59 Å². The first-order valence-corrected chi connectivity index (χ1v) is 5.97. The lowest BCUT2D eigenvalue weighted by Gasteiger charge is -2.19. The van der Waals surface area contributed by atoms with Crippen LogP contribution >= 0.6 is 0 Å². The van der Waals surface area contributed by atoms with Gasteiger partial charge < -0.3 is 10.4 Å². The van der Waals surface area contributed by atoms with Crippen LogP contribution in [0.2, 0.25) is 0 Å². The maximum absolute atomic E-state index is 12.0. The molecule has 1 aliphatic rings. The molecule has 0 aliphatic carbocycles. The molecule has 1 aromatic carbocycles. The van der Waals surface area contributed by atoms with Crippen molar-refractivity contribution in [3.8, 4) is 0 Å². The molecule has 102 valence electrons. The van der Waals surface area contributed by atoms with E-state index in [1.165, 1.54) is 0 Å². The molecule has 0 bridgehead atoms. The molecule has 0 aromatic heterocycles. The molecule has 19 heavy (non-hydrogen) atoms. The number of carboxylic acid groups (broad SMARTS) is 1. The van der Waals surface area contributed by atoms with Crippen molar-refractivity contribution >= 4 is 11.9 Å². The molecule has 2 atom stereocenters. The first-order chi connectivity index (χ1) is 9.16. The third kappa shape index (κ3) is 3.75. The van der Waals surface area contributed by atoms with Gasteiger partial charge >= 0.3 is 5.97 Å². The summed E-state index contributed by atoms with van der Waals surface area (Å²) in [7, 11) is 0. The van der Waals surface area contributed by atoms with Crippen molar-refractivity contribution in [2.75, 3.05) is 6.54 Å². The van der Waals surface area contributed by atoms with Crippen LogP contribution in [0.1, 0.15) is 18.0 Å². The monoisotopic (exact) mass is 264 g/mol. The number of carboxylic acids is 1. The van der Waals surface area contributed by atoms with E-state index in [4.69, 9.17) is 5.11 Å². The second-order valence-corrected chi connectivity index (χ2v) is 4.27. The summed E-state index contributed by atoms with van der Waals surface area (Å²) >= 11 is 0. The fraction of sp³-hybridized carbons (Fsp3) is 0.333. The molecule has 5 N–H and O–H groups in total. The Morgan fingerprint density at radius 1 is 1.37 bits per heavy atom. The van der Waals surface area contributed by atoms with Gasteiger partial charge in [0.2, 0.25) is 5.91 Å². The minimum atomic E-state index is -0.954. The molecule has 1 heterocycles. The first-order valence-electron chi connectivity index (χ1n) is 5.97. The fourth-order valence-corrected chi connectivity index (χ4v) is 1.89. The zero-order chi connectivity index (χ0) is 13.7. The number of carbonyl (C=O) groups is 2. The molecule has 1 amide bonds. The van der Waals surface area contributed by atoms with Crippen molar-refractivity contribution in [2.45, 2.75) is 18.5 Å². The van der Waals surface area contributed by atoms with Gasteiger partial charge in [-0.15, -0.1) is 0 Å². The topological polar surface area (TPSA) is 102 Å². The minimum absolute atomic E-state index is 0.149. The quantitative estimate of drug-likeness (QED) is 0.482. The Morgan fingerprint density at radius 3 is 2.68 bits per heavy atom. The highest BCUT2D eigenvalue weighted by Crippen LogP contribution is 2.16. The highest BCUT2D eigenvalue weighted by molar-refractivity contribution is 5.83. The van der Waals surface area contributed by atoms with E-state index in [1.54, 1.807) is 12.1 Å². The number of benzene rings is 1. The molecule has 7 nitrogen and oxygen atoms in total. The summed E-state index contributed by atoms with van der Waals surface area (Å²) in [6.45, 7) is 0.445. The van der Waals surface area contributed by atoms with Crippen LogP contribution < -0.4 is 21.7 Å². The van der Waals surface area contributed by atoms with Crippen molar-refractivity contribution in [3.63, 3.8) is 0 Å². The van der Waals surface area contributed by atoms with E-state index in [-0.39, 0.29) is 12.3 Å². The average Bonchev–Trinajstić information content (AvgIpc) is 2.92. The van der Waals surface area contributed by atoms with Crippen LogP contribution in [0.25, 0.3) is 0 Å². The molecule has 2 rings (SSSR count). The third-order valence-electron chi connectivity index (χ3n) is 2.85. The van der Waals surface area contributed by atoms with E-state index in [0.29, 0.717) is 6.54 Å². The summed E-state index contributed by atoms with van der Waals surface area (Å²) in [4.78, 5) is 22.9. The van der Waals surface area contributed by atoms with Crippen molar-refractivity contribution in [1.82, 2.24) is 21.7 Å². The van der Waals surface area contributed by atoms with Crippen LogP contribution in [0, 0.1) is 0 Å². The van der Waals surface area contributed by atoms with Gasteiger partial charge in [0.1, 0.15) is 6.04 Å². The SMILES string of the molecule is O=C(O)CC(NC(=O)C1CNNN1)c1ccccc1. The van der Waals surface area contributed by atoms with Gasteiger partial charge in [-0.2, -0.15) is 5.53 Å². The molecule has 0 saturated carbocycles. The fourth-order valence-electron chi connectivity index (χ4n) is 1.89. The van der Waals surface area contributed by atoms with Crippen LogP contribution in [0.4, 0.5) is 0 Å². The number of rotatable bonds is 5. The Balaban J connectivity index is 2.05. The van der Waals surface area contributed by atoms with E-state index >= 15 is 0 Å². The van der Waals surface area contributed by atoms with E-state index in [1.807, 2.05) is 18.2 Å². The average molecular weight is 264 g/mol. The van der Waals surface area contributed by atoms with E-state index in [0.717, 1.165) is 5.56 Å². The first kappa shape index (κ1) is 13.5. The highest BCUT2D eigenvalue weighted by Gasteiger charge is 2.25. The molecule has 0 radical (unpaired) electrons. The van der Waals surface area contributed by atoms with Gasteiger partial charge in [0, 0.05) is 6.54 Å². The summed E-state index contributed by atoms with van der Waals surface area (Å²) in [6, 6.07) is 8.11. The summed E-state index contributed by atoms with van der Waals surface area (Å²) in [5.74, 6) is -1.20. The minimum Gasteiger partial charge on any atom is -0.481 e. The van der Waals surface area contributed by atoms with E-state index in [9.17, 15) is 9.59 Å². The zero-order valence-electron chi connectivity index (χ0n) is 10.2. The molecule has 1 saturated heterocycles. The molecule has 1 aromatic rings. The van der Waals surface area contributed by atoms with Crippen molar-refractivity contribution < 1.29 is 14.7 Å². The molecule has 7 heteroatoms. The van der Waals surface area contributed by atoms with E-state index < -0.39 is 18.1 Å². The van der Waals surface area contributed by atoms with Gasteiger partial charge in [-0.05, 0) is 5.56 Å². The maximum Gasteiger partial charge on any atom is 0.305 e. The Morgan fingerprint density at radius 2 is 2.11 bits per heavy atom. The highest BCUT2D eigenvalue weighted by atomic mass is 16.4. The molecule has 0 spiro atoms. The lowest BCUT2D eigenvalue weighted by Crippen LogP contribution is -2.45. The summed E-state index contributed by atoms with van der Waals surface area (Å²) in [5, 5.41) is 11.7. The standard InChI is InChI=1S/C12H16N4O3/c17-11(18)6-9(8-4-2-1-3-5-8)14-12(19)10-7-13-16-15-10/h1-5,9-10,13,15-16H,6-7H2,(H,14,19)(H,17,18). The zero-order valence-corrected chi connectivity index (χ0v) is 10.2. The predicted octanol–water partition coefficient (Wildman–Crippen LogP) is -0.700. The number of nitrogens with one attached hydrogen (secondary N) is 4. The Bertz CT molecular complexity index is 446. The Hall–Kier alpha value is -1.96. The third-order valence-corrected chi connectivity index (χ3v) is 2.85. The number of hydrogen-bond donors (Lipinski definition) is 5. The Labute approximate surface area is 110 Å². The lowest BCUT2D eigenvalue weighted by molar-refractivity contribution is -0.137. The lowest BCUT2D eigenvalue weighted by atomic mass is 10.0. The maximum atomic E-state index is 12.0. The normalized spacial score (nSPS) is 19.9. The molecule has 1 aliphatic heterocycles. The molecular formula is C12H16N4O3. The van der Waals surface area contributed by atoms with Crippen LogP contribution in [0.3, 0.4) is 0 Å². The number of hydrogen-bond acceptors (Lipinski definition) is 5. The second kappa shape index (κ2) is 6.28. The Kier molecular flexibility index (Phi) is 4.45. The van der Waals surface area contributed by atoms with Gasteiger partial charge in [-0.25, -0.2) is 10.9 Å². The number of hydrazine groups is 2. The van der Waals surface area contributed by atoms with Crippen molar-refractivity contribution in [2.24, 2.45) is 0 Å². The predicted molar refractivity (Wildman–Crippen MR) is 67.6 cm³/mol. The van der Waals surface area contributed by atoms with E-state index in [2.05, 4.69) is 21.7 Å². The number of amides is 1. The van der Waals surface area contributed by atoms with Gasteiger partial charge in [-0.3, -0.25) is 9.59 Å². The number of aliphatic carboxylic acids is 1. The van der Waals surface area contributed by atoms with Gasteiger partial charge in [0.25, 0.3) is 0 Å². The summed E-state index contributed by atoms with van der Waals surface area (Å²) < 4.78 is 0. The van der Waals surface area contributed by atoms with Gasteiger partial charge in [-0.1, -0.05) is 30.3 Å².